The summed E-state index contributed by atoms with van der Waals surface area (Å²) in [5.41, 5.74) is 3.11. The average Bonchev–Trinajstić information content (AvgIpc) is 2.89. The van der Waals surface area contributed by atoms with Gasteiger partial charge >= 0.3 is 0 Å². The number of likely N-dealkylation sites (tertiary alicyclic amines) is 1. The number of nitrogens with one attached hydrogen (secondary N) is 1. The Labute approximate surface area is 134 Å². The molecule has 3 heteroatoms. The minimum absolute atomic E-state index is 0.229. The predicted molar refractivity (Wildman–Crippen MR) is 93.6 cm³/mol. The van der Waals surface area contributed by atoms with Gasteiger partial charge in [-0.05, 0) is 36.3 Å². The lowest BCUT2D eigenvalue weighted by Crippen LogP contribution is -2.46. The molecule has 0 unspecified atom stereocenters. The van der Waals surface area contributed by atoms with E-state index in [1.165, 1.54) is 17.5 Å². The smallest absolute Gasteiger partial charge is 0.194 e. The van der Waals surface area contributed by atoms with Gasteiger partial charge in [-0.25, -0.2) is 0 Å². The summed E-state index contributed by atoms with van der Waals surface area (Å²) < 4.78 is 0. The molecule has 0 saturated carbocycles. The van der Waals surface area contributed by atoms with Crippen molar-refractivity contribution in [1.29, 1.82) is 0 Å². The molecule has 2 atom stereocenters. The van der Waals surface area contributed by atoms with E-state index in [-0.39, 0.29) is 5.41 Å². The molecule has 1 aromatic carbocycles. The highest BCUT2D eigenvalue weighted by Gasteiger charge is 2.34. The maximum atomic E-state index is 4.67. The topological polar surface area (TPSA) is 27.6 Å². The summed E-state index contributed by atoms with van der Waals surface area (Å²) in [4.78, 5) is 7.13. The van der Waals surface area contributed by atoms with Gasteiger partial charge in [0.1, 0.15) is 0 Å². The maximum absolute atomic E-state index is 4.67. The van der Waals surface area contributed by atoms with Gasteiger partial charge in [-0.2, -0.15) is 0 Å². The predicted octanol–water partition coefficient (Wildman–Crippen LogP) is 3.51. The van der Waals surface area contributed by atoms with Crippen molar-refractivity contribution in [3.8, 4) is 0 Å². The second-order valence-electron chi connectivity index (χ2n) is 7.69. The van der Waals surface area contributed by atoms with Crippen molar-refractivity contribution in [2.24, 2.45) is 4.99 Å². The highest BCUT2D eigenvalue weighted by Crippen LogP contribution is 2.34. The molecule has 0 aliphatic carbocycles. The average molecular weight is 299 g/mol. The first kappa shape index (κ1) is 15.4. The molecule has 120 valence electrons. The first-order valence-electron chi connectivity index (χ1n) is 8.62. The lowest BCUT2D eigenvalue weighted by atomic mass is 9.84. The summed E-state index contributed by atoms with van der Waals surface area (Å²) in [6.07, 6.45) is 2.38. The van der Waals surface area contributed by atoms with Crippen molar-refractivity contribution < 1.29 is 0 Å². The van der Waals surface area contributed by atoms with Crippen LogP contribution in [0.5, 0.6) is 0 Å². The molecule has 0 amide bonds. The second-order valence-corrected chi connectivity index (χ2v) is 7.69. The normalized spacial score (nSPS) is 25.8. The van der Waals surface area contributed by atoms with Crippen LogP contribution in [-0.2, 0) is 5.41 Å². The molecule has 0 radical (unpaired) electrons. The summed E-state index contributed by atoms with van der Waals surface area (Å²) >= 11 is 0. The number of guanidine groups is 1. The lowest BCUT2D eigenvalue weighted by molar-refractivity contribution is 0.376. The maximum Gasteiger partial charge on any atom is 0.194 e. The second kappa shape index (κ2) is 5.94. The van der Waals surface area contributed by atoms with Crippen molar-refractivity contribution in [3.05, 3.63) is 35.4 Å². The molecule has 2 aliphatic rings. The van der Waals surface area contributed by atoms with Gasteiger partial charge in [-0.1, -0.05) is 45.0 Å². The monoisotopic (exact) mass is 299 g/mol. The van der Waals surface area contributed by atoms with E-state index in [9.17, 15) is 0 Å². The fraction of sp³-hybridized carbons (Fsp3) is 0.632. The van der Waals surface area contributed by atoms with Crippen LogP contribution in [0.3, 0.4) is 0 Å². The molecular formula is C19H29N3. The molecule has 0 bridgehead atoms. The third-order valence-electron chi connectivity index (χ3n) is 5.11. The molecule has 1 N–H and O–H groups in total. The minimum Gasteiger partial charge on any atom is -0.356 e. The van der Waals surface area contributed by atoms with E-state index < -0.39 is 0 Å². The quantitative estimate of drug-likeness (QED) is 0.859. The summed E-state index contributed by atoms with van der Waals surface area (Å²) in [7, 11) is 0. The standard InChI is InChI=1S/C19H29N3/c1-14-17(10-13-22(14)18-20-11-5-12-21-18)15-6-8-16(9-7-15)19(2,3)4/h6-9,14,17H,5,10-13H2,1-4H3,(H,20,21)/t14-,17-/m0/s1. The van der Waals surface area contributed by atoms with Crippen LogP contribution in [0.1, 0.15) is 57.6 Å². The largest absolute Gasteiger partial charge is 0.356 e. The van der Waals surface area contributed by atoms with E-state index in [0.717, 1.165) is 32.0 Å². The molecule has 22 heavy (non-hydrogen) atoms. The van der Waals surface area contributed by atoms with Crippen LogP contribution in [0.2, 0.25) is 0 Å². The number of benzene rings is 1. The molecule has 3 rings (SSSR count). The molecular weight excluding hydrogens is 270 g/mol. The molecule has 0 spiro atoms. The van der Waals surface area contributed by atoms with E-state index in [0.29, 0.717) is 12.0 Å². The highest BCUT2D eigenvalue weighted by atomic mass is 15.3. The Bertz CT molecular complexity index is 539. The van der Waals surface area contributed by atoms with Crippen LogP contribution >= 0.6 is 0 Å². The fourth-order valence-corrected chi connectivity index (χ4v) is 3.63. The van der Waals surface area contributed by atoms with Crippen LogP contribution in [0.25, 0.3) is 0 Å². The van der Waals surface area contributed by atoms with Gasteiger partial charge in [0.25, 0.3) is 0 Å². The third-order valence-corrected chi connectivity index (χ3v) is 5.11. The van der Waals surface area contributed by atoms with E-state index in [2.05, 4.69) is 67.2 Å². The van der Waals surface area contributed by atoms with Gasteiger partial charge in [-0.15, -0.1) is 0 Å². The van der Waals surface area contributed by atoms with Crippen LogP contribution in [0.4, 0.5) is 0 Å². The van der Waals surface area contributed by atoms with Crippen LogP contribution in [0, 0.1) is 0 Å². The zero-order valence-corrected chi connectivity index (χ0v) is 14.4. The van der Waals surface area contributed by atoms with Crippen LogP contribution in [-0.4, -0.2) is 36.5 Å². The van der Waals surface area contributed by atoms with Gasteiger partial charge in [0.2, 0.25) is 0 Å². The van der Waals surface area contributed by atoms with Gasteiger partial charge < -0.3 is 10.2 Å². The number of rotatable bonds is 1. The van der Waals surface area contributed by atoms with E-state index in [1.54, 1.807) is 0 Å². The van der Waals surface area contributed by atoms with Crippen LogP contribution < -0.4 is 5.32 Å². The fourth-order valence-electron chi connectivity index (χ4n) is 3.63. The van der Waals surface area contributed by atoms with Gasteiger partial charge in [0.05, 0.1) is 0 Å². The van der Waals surface area contributed by atoms with Crippen molar-refractivity contribution >= 4 is 5.96 Å². The number of aliphatic imine (C=N–C) groups is 1. The van der Waals surface area contributed by atoms with Crippen molar-refractivity contribution in [3.63, 3.8) is 0 Å². The first-order chi connectivity index (χ1) is 10.5. The number of hydrogen-bond donors (Lipinski definition) is 1. The van der Waals surface area contributed by atoms with Crippen LogP contribution in [0.15, 0.2) is 29.3 Å². The SMILES string of the molecule is C[C@H]1[C@@H](c2ccc(C(C)(C)C)cc2)CCN1C1=NCCCN1. The van der Waals surface area contributed by atoms with E-state index in [4.69, 9.17) is 0 Å². The van der Waals surface area contributed by atoms with Gasteiger partial charge in [0.15, 0.2) is 5.96 Å². The minimum atomic E-state index is 0.229. The Balaban J connectivity index is 1.74. The van der Waals surface area contributed by atoms with Gasteiger partial charge in [-0.3, -0.25) is 4.99 Å². The van der Waals surface area contributed by atoms with E-state index >= 15 is 0 Å². The summed E-state index contributed by atoms with van der Waals surface area (Å²) in [6, 6.07) is 9.80. The van der Waals surface area contributed by atoms with Crippen molar-refractivity contribution in [2.45, 2.75) is 57.9 Å². The van der Waals surface area contributed by atoms with Gasteiger partial charge in [0, 0.05) is 31.6 Å². The molecule has 3 nitrogen and oxygen atoms in total. The first-order valence-corrected chi connectivity index (χ1v) is 8.62. The Morgan fingerprint density at radius 2 is 1.91 bits per heavy atom. The molecule has 1 aromatic rings. The Kier molecular flexibility index (Phi) is 4.16. The number of nitrogens with zero attached hydrogens (tertiary/aromatic N) is 2. The Morgan fingerprint density at radius 3 is 2.50 bits per heavy atom. The summed E-state index contributed by atoms with van der Waals surface area (Å²) in [6.45, 7) is 12.3. The molecule has 2 heterocycles. The molecule has 0 aromatic heterocycles. The zero-order chi connectivity index (χ0) is 15.7. The summed E-state index contributed by atoms with van der Waals surface area (Å²) in [5, 5.41) is 3.47. The Morgan fingerprint density at radius 1 is 1.18 bits per heavy atom. The molecule has 1 saturated heterocycles. The van der Waals surface area contributed by atoms with Crippen molar-refractivity contribution in [2.75, 3.05) is 19.6 Å². The highest BCUT2D eigenvalue weighted by molar-refractivity contribution is 5.81. The lowest BCUT2D eigenvalue weighted by Gasteiger charge is -2.30. The molecule has 2 aliphatic heterocycles. The van der Waals surface area contributed by atoms with E-state index in [1.807, 2.05) is 0 Å². The molecule has 1 fully saturated rings. The van der Waals surface area contributed by atoms with Crippen molar-refractivity contribution in [1.82, 2.24) is 10.2 Å². The summed E-state index contributed by atoms with van der Waals surface area (Å²) in [5.74, 6) is 1.73. The third kappa shape index (κ3) is 2.99. The zero-order valence-electron chi connectivity index (χ0n) is 14.4. The number of hydrogen-bond acceptors (Lipinski definition) is 3. The Hall–Kier alpha value is -1.51.